The second-order valence-corrected chi connectivity index (χ2v) is 8.69. The van der Waals surface area contributed by atoms with Crippen LogP contribution in [0.4, 0.5) is 23.0 Å². The zero-order valence-electron chi connectivity index (χ0n) is 19.7. The van der Waals surface area contributed by atoms with Crippen molar-refractivity contribution in [3.8, 4) is 11.3 Å². The molecule has 9 heteroatoms. The minimum atomic E-state index is 0.00723. The van der Waals surface area contributed by atoms with E-state index in [1.54, 1.807) is 6.20 Å². The Morgan fingerprint density at radius 1 is 0.914 bits per heavy atom. The highest BCUT2D eigenvalue weighted by Gasteiger charge is 2.14. The van der Waals surface area contributed by atoms with Crippen LogP contribution in [-0.4, -0.2) is 79.8 Å². The molecule has 1 amide bonds. The lowest BCUT2D eigenvalue weighted by Crippen LogP contribution is -2.46. The summed E-state index contributed by atoms with van der Waals surface area (Å²) in [6.07, 6.45) is 1.75. The molecule has 3 heterocycles. The maximum atomic E-state index is 12.4. The molecule has 3 aromatic rings. The molecule has 182 valence electrons. The Kier molecular flexibility index (Phi) is 7.47. The van der Waals surface area contributed by atoms with Crippen molar-refractivity contribution in [3.63, 3.8) is 0 Å². The number of carbonyl (C=O) groups excluding carboxylic acids is 1. The molecular weight excluding hydrogens is 442 g/mol. The molecule has 2 fully saturated rings. The van der Waals surface area contributed by atoms with Gasteiger partial charge in [0, 0.05) is 68.1 Å². The number of nitrogens with one attached hydrogen (secondary N) is 3. The number of ether oxygens (including phenoxy) is 1. The highest BCUT2D eigenvalue weighted by atomic mass is 16.5. The lowest BCUT2D eigenvalue weighted by molar-refractivity contribution is -0.117. The van der Waals surface area contributed by atoms with E-state index < -0.39 is 0 Å². The summed E-state index contributed by atoms with van der Waals surface area (Å²) in [7, 11) is 0. The number of hydrogen-bond donors (Lipinski definition) is 3. The van der Waals surface area contributed by atoms with Gasteiger partial charge in [-0.3, -0.25) is 9.69 Å². The Morgan fingerprint density at radius 2 is 1.63 bits per heavy atom. The lowest BCUT2D eigenvalue weighted by Gasteiger charge is -2.28. The summed E-state index contributed by atoms with van der Waals surface area (Å²) in [5.74, 6) is 0.544. The number of rotatable bonds is 7. The largest absolute Gasteiger partial charge is 0.378 e. The van der Waals surface area contributed by atoms with Gasteiger partial charge in [-0.25, -0.2) is 9.97 Å². The van der Waals surface area contributed by atoms with Crippen LogP contribution in [0.1, 0.15) is 0 Å². The Morgan fingerprint density at radius 3 is 2.37 bits per heavy atom. The molecule has 0 radical (unpaired) electrons. The number of nitrogens with zero attached hydrogens (tertiary/aromatic N) is 4. The van der Waals surface area contributed by atoms with Gasteiger partial charge in [0.2, 0.25) is 11.9 Å². The van der Waals surface area contributed by atoms with Crippen molar-refractivity contribution in [2.75, 3.05) is 74.6 Å². The van der Waals surface area contributed by atoms with Gasteiger partial charge in [-0.05, 0) is 42.5 Å². The molecule has 2 saturated heterocycles. The van der Waals surface area contributed by atoms with Crippen molar-refractivity contribution in [2.24, 2.45) is 0 Å². The number of anilines is 4. The van der Waals surface area contributed by atoms with Crippen LogP contribution in [0.2, 0.25) is 0 Å². The van der Waals surface area contributed by atoms with Gasteiger partial charge in [0.15, 0.2) is 0 Å². The minimum absolute atomic E-state index is 0.00723. The number of benzene rings is 2. The molecule has 3 N–H and O–H groups in total. The van der Waals surface area contributed by atoms with Gasteiger partial charge in [0.25, 0.3) is 0 Å². The van der Waals surface area contributed by atoms with Gasteiger partial charge in [0.1, 0.15) is 0 Å². The van der Waals surface area contributed by atoms with E-state index in [9.17, 15) is 4.79 Å². The Hall–Kier alpha value is -3.53. The number of amides is 1. The van der Waals surface area contributed by atoms with E-state index in [1.807, 2.05) is 42.5 Å². The zero-order chi connectivity index (χ0) is 23.9. The molecule has 0 atom stereocenters. The first kappa shape index (κ1) is 23.2. The summed E-state index contributed by atoms with van der Waals surface area (Å²) >= 11 is 0. The van der Waals surface area contributed by atoms with Crippen molar-refractivity contribution < 1.29 is 9.53 Å². The SMILES string of the molecule is O=C(CN1CCNCC1)Nc1ccc(-c2ccnc(Nc3ccc(N4CCOCC4)cc3)n2)cc1. The van der Waals surface area contributed by atoms with E-state index >= 15 is 0 Å². The van der Waals surface area contributed by atoms with Gasteiger partial charge in [0.05, 0.1) is 25.5 Å². The van der Waals surface area contributed by atoms with Crippen LogP contribution in [0.5, 0.6) is 0 Å². The van der Waals surface area contributed by atoms with Crippen LogP contribution >= 0.6 is 0 Å². The van der Waals surface area contributed by atoms with Crippen molar-refractivity contribution >= 4 is 28.9 Å². The first-order valence-electron chi connectivity index (χ1n) is 12.1. The molecular formula is C26H31N7O2. The fourth-order valence-corrected chi connectivity index (χ4v) is 4.28. The number of morpholine rings is 1. The molecule has 0 saturated carbocycles. The molecule has 5 rings (SSSR count). The molecule has 2 aliphatic heterocycles. The van der Waals surface area contributed by atoms with Crippen LogP contribution in [0.15, 0.2) is 60.8 Å². The van der Waals surface area contributed by atoms with Crippen LogP contribution in [-0.2, 0) is 9.53 Å². The summed E-state index contributed by atoms with van der Waals surface area (Å²) in [6.45, 7) is 7.43. The van der Waals surface area contributed by atoms with Crippen molar-refractivity contribution in [1.82, 2.24) is 20.2 Å². The normalized spacial score (nSPS) is 16.6. The third kappa shape index (κ3) is 6.33. The van der Waals surface area contributed by atoms with Gasteiger partial charge in [-0.15, -0.1) is 0 Å². The van der Waals surface area contributed by atoms with Crippen molar-refractivity contribution in [3.05, 3.63) is 60.8 Å². The third-order valence-electron chi connectivity index (χ3n) is 6.20. The molecule has 2 aromatic carbocycles. The summed E-state index contributed by atoms with van der Waals surface area (Å²) in [6, 6.07) is 17.9. The molecule has 9 nitrogen and oxygen atoms in total. The quantitative estimate of drug-likeness (QED) is 0.482. The predicted octanol–water partition coefficient (Wildman–Crippen LogP) is 2.57. The minimum Gasteiger partial charge on any atom is -0.378 e. The smallest absolute Gasteiger partial charge is 0.238 e. The summed E-state index contributed by atoms with van der Waals surface area (Å²) in [5.41, 5.74) is 4.67. The molecule has 0 aliphatic carbocycles. The standard InChI is InChI=1S/C26H31N7O2/c34-25(19-32-13-11-27-12-14-32)29-21-3-1-20(2-4-21)24-9-10-28-26(31-24)30-22-5-7-23(8-6-22)33-15-17-35-18-16-33/h1-10,27H,11-19H2,(H,29,34)(H,28,30,31). The molecule has 1 aromatic heterocycles. The van der Waals surface area contributed by atoms with Gasteiger partial charge in [-0.1, -0.05) is 12.1 Å². The van der Waals surface area contributed by atoms with Gasteiger partial charge >= 0.3 is 0 Å². The number of piperazine rings is 1. The van der Waals surface area contributed by atoms with Crippen LogP contribution < -0.4 is 20.9 Å². The summed E-state index contributed by atoms with van der Waals surface area (Å²) in [4.78, 5) is 25.9. The second-order valence-electron chi connectivity index (χ2n) is 8.69. The van der Waals surface area contributed by atoms with Crippen LogP contribution in [0.3, 0.4) is 0 Å². The van der Waals surface area contributed by atoms with Crippen molar-refractivity contribution in [1.29, 1.82) is 0 Å². The Bertz CT molecular complexity index is 1110. The molecule has 0 unspecified atom stereocenters. The summed E-state index contributed by atoms with van der Waals surface area (Å²) < 4.78 is 5.43. The summed E-state index contributed by atoms with van der Waals surface area (Å²) in [5, 5.41) is 9.57. The first-order chi connectivity index (χ1) is 17.2. The van der Waals surface area contributed by atoms with E-state index in [1.165, 1.54) is 5.69 Å². The van der Waals surface area contributed by atoms with E-state index in [0.717, 1.165) is 75.1 Å². The predicted molar refractivity (Wildman–Crippen MR) is 138 cm³/mol. The van der Waals surface area contributed by atoms with E-state index in [0.29, 0.717) is 12.5 Å². The molecule has 0 bridgehead atoms. The number of aromatic nitrogens is 2. The topological polar surface area (TPSA) is 94.7 Å². The fourth-order valence-electron chi connectivity index (χ4n) is 4.28. The lowest BCUT2D eigenvalue weighted by atomic mass is 10.1. The fraction of sp³-hybridized carbons (Fsp3) is 0.346. The molecule has 35 heavy (non-hydrogen) atoms. The molecule has 0 spiro atoms. The van der Waals surface area contributed by atoms with E-state index in [2.05, 4.69) is 47.9 Å². The Balaban J connectivity index is 1.18. The highest BCUT2D eigenvalue weighted by molar-refractivity contribution is 5.92. The average molecular weight is 474 g/mol. The highest BCUT2D eigenvalue weighted by Crippen LogP contribution is 2.23. The monoisotopic (exact) mass is 473 g/mol. The number of hydrogen-bond acceptors (Lipinski definition) is 8. The average Bonchev–Trinajstić information content (AvgIpc) is 2.91. The van der Waals surface area contributed by atoms with Crippen LogP contribution in [0.25, 0.3) is 11.3 Å². The van der Waals surface area contributed by atoms with Crippen LogP contribution in [0, 0.1) is 0 Å². The zero-order valence-corrected chi connectivity index (χ0v) is 19.7. The van der Waals surface area contributed by atoms with Crippen molar-refractivity contribution in [2.45, 2.75) is 0 Å². The second kappa shape index (κ2) is 11.3. The van der Waals surface area contributed by atoms with E-state index in [4.69, 9.17) is 4.74 Å². The Labute approximate surface area is 205 Å². The first-order valence-corrected chi connectivity index (χ1v) is 12.1. The third-order valence-corrected chi connectivity index (χ3v) is 6.20. The maximum absolute atomic E-state index is 12.4. The maximum Gasteiger partial charge on any atom is 0.238 e. The molecule has 2 aliphatic rings. The van der Waals surface area contributed by atoms with E-state index in [-0.39, 0.29) is 5.91 Å². The van der Waals surface area contributed by atoms with Gasteiger partial charge < -0.3 is 25.6 Å². The number of carbonyl (C=O) groups is 1. The van der Waals surface area contributed by atoms with Gasteiger partial charge in [-0.2, -0.15) is 0 Å².